The van der Waals surface area contributed by atoms with Gasteiger partial charge in [0.25, 0.3) is 5.89 Å². The molecule has 90 valence electrons. The third-order valence-corrected chi connectivity index (χ3v) is 3.18. The Kier molecular flexibility index (Phi) is 3.19. The molecule has 2 aromatic rings. The van der Waals surface area contributed by atoms with Gasteiger partial charge < -0.3 is 9.52 Å². The summed E-state index contributed by atoms with van der Waals surface area (Å²) in [4.78, 5) is 15.5. The van der Waals surface area contributed by atoms with Crippen molar-refractivity contribution in [3.05, 3.63) is 16.6 Å². The van der Waals surface area contributed by atoms with E-state index in [9.17, 15) is 4.79 Å². The normalized spacial score (nSPS) is 10.7. The summed E-state index contributed by atoms with van der Waals surface area (Å²) in [6, 6.07) is 0. The van der Waals surface area contributed by atoms with Gasteiger partial charge in [0.2, 0.25) is 5.89 Å². The molecular weight excluding hydrogens is 242 g/mol. The summed E-state index contributed by atoms with van der Waals surface area (Å²) in [5.74, 6) is -0.129. The fourth-order valence-corrected chi connectivity index (χ4v) is 2.23. The zero-order valence-electron chi connectivity index (χ0n) is 9.43. The highest BCUT2D eigenvalue weighted by Crippen LogP contribution is 2.28. The number of aliphatic carboxylic acids is 1. The van der Waals surface area contributed by atoms with E-state index in [0.29, 0.717) is 11.8 Å². The summed E-state index contributed by atoms with van der Waals surface area (Å²) < 4.78 is 5.40. The third-order valence-electron chi connectivity index (χ3n) is 2.12. The van der Waals surface area contributed by atoms with Crippen LogP contribution in [0.1, 0.15) is 23.0 Å². The molecular formula is C10H11N3O3S. The van der Waals surface area contributed by atoms with Crippen molar-refractivity contribution >= 4 is 17.3 Å². The molecule has 0 aliphatic carbocycles. The molecule has 0 saturated heterocycles. The van der Waals surface area contributed by atoms with Crippen LogP contribution in [0.4, 0.5) is 0 Å². The summed E-state index contributed by atoms with van der Waals surface area (Å²) in [5, 5.41) is 17.2. The first-order chi connectivity index (χ1) is 8.06. The average Bonchev–Trinajstić information content (AvgIpc) is 2.82. The van der Waals surface area contributed by atoms with E-state index in [0.717, 1.165) is 15.6 Å². The van der Waals surface area contributed by atoms with Gasteiger partial charge in [0.15, 0.2) is 0 Å². The molecule has 17 heavy (non-hydrogen) atoms. The smallest absolute Gasteiger partial charge is 0.303 e. The Balaban J connectivity index is 2.18. The average molecular weight is 253 g/mol. The quantitative estimate of drug-likeness (QED) is 0.894. The predicted octanol–water partition coefficient (Wildman–Crippen LogP) is 1.83. The van der Waals surface area contributed by atoms with Crippen LogP contribution in [0.3, 0.4) is 0 Å². The van der Waals surface area contributed by atoms with Crippen molar-refractivity contribution in [2.45, 2.75) is 26.7 Å². The van der Waals surface area contributed by atoms with Gasteiger partial charge in [0.1, 0.15) is 4.88 Å². The van der Waals surface area contributed by atoms with Gasteiger partial charge in [-0.25, -0.2) is 4.98 Å². The Morgan fingerprint density at radius 3 is 2.76 bits per heavy atom. The maximum absolute atomic E-state index is 10.4. The van der Waals surface area contributed by atoms with Crippen LogP contribution in [0.15, 0.2) is 4.42 Å². The molecule has 2 heterocycles. The minimum Gasteiger partial charge on any atom is -0.481 e. The molecule has 0 radical (unpaired) electrons. The zero-order valence-corrected chi connectivity index (χ0v) is 10.2. The van der Waals surface area contributed by atoms with Gasteiger partial charge in [-0.1, -0.05) is 0 Å². The van der Waals surface area contributed by atoms with Crippen molar-refractivity contribution in [3.63, 3.8) is 0 Å². The highest BCUT2D eigenvalue weighted by atomic mass is 32.1. The van der Waals surface area contributed by atoms with Crippen molar-refractivity contribution in [2.24, 2.45) is 0 Å². The Hall–Kier alpha value is -1.76. The van der Waals surface area contributed by atoms with E-state index in [-0.39, 0.29) is 12.8 Å². The second-order valence-corrected chi connectivity index (χ2v) is 4.75. The van der Waals surface area contributed by atoms with Crippen LogP contribution < -0.4 is 0 Å². The van der Waals surface area contributed by atoms with Gasteiger partial charge in [0.05, 0.1) is 17.1 Å². The first-order valence-electron chi connectivity index (χ1n) is 5.05. The van der Waals surface area contributed by atoms with E-state index in [2.05, 4.69) is 15.2 Å². The van der Waals surface area contributed by atoms with Crippen LogP contribution in [-0.4, -0.2) is 26.3 Å². The molecule has 0 aromatic carbocycles. The van der Waals surface area contributed by atoms with Crippen molar-refractivity contribution in [1.29, 1.82) is 0 Å². The molecule has 1 N–H and O–H groups in total. The number of carbonyl (C=O) groups is 1. The summed E-state index contributed by atoms with van der Waals surface area (Å²) in [7, 11) is 0. The summed E-state index contributed by atoms with van der Waals surface area (Å²) in [5.41, 5.74) is 0.848. The molecule has 0 aliphatic rings. The first kappa shape index (κ1) is 11.7. The Labute approximate surface area is 101 Å². The Morgan fingerprint density at radius 1 is 1.41 bits per heavy atom. The monoisotopic (exact) mass is 253 g/mol. The Morgan fingerprint density at radius 2 is 2.18 bits per heavy atom. The molecule has 2 aromatic heterocycles. The minimum atomic E-state index is -0.880. The number of aromatic nitrogens is 3. The van der Waals surface area contributed by atoms with Crippen LogP contribution in [0.2, 0.25) is 0 Å². The number of aryl methyl sites for hydroxylation is 3. The topological polar surface area (TPSA) is 89.1 Å². The number of carboxylic acids is 1. The Bertz CT molecular complexity index is 547. The molecule has 6 nitrogen and oxygen atoms in total. The maximum atomic E-state index is 10.4. The zero-order chi connectivity index (χ0) is 12.4. The molecule has 2 rings (SSSR count). The van der Waals surface area contributed by atoms with E-state index in [1.165, 1.54) is 11.3 Å². The van der Waals surface area contributed by atoms with E-state index in [4.69, 9.17) is 9.52 Å². The van der Waals surface area contributed by atoms with Crippen LogP contribution in [-0.2, 0) is 11.2 Å². The lowest BCUT2D eigenvalue weighted by molar-refractivity contribution is -0.137. The van der Waals surface area contributed by atoms with Crippen LogP contribution in [0.5, 0.6) is 0 Å². The van der Waals surface area contributed by atoms with E-state index in [1.807, 2.05) is 13.8 Å². The molecule has 7 heteroatoms. The van der Waals surface area contributed by atoms with Crippen LogP contribution in [0.25, 0.3) is 10.8 Å². The number of hydrogen-bond acceptors (Lipinski definition) is 6. The number of hydrogen-bond donors (Lipinski definition) is 1. The number of nitrogens with zero attached hydrogens (tertiary/aromatic N) is 3. The lowest BCUT2D eigenvalue weighted by atomic mass is 10.3. The van der Waals surface area contributed by atoms with Crippen molar-refractivity contribution < 1.29 is 14.3 Å². The van der Waals surface area contributed by atoms with Crippen molar-refractivity contribution in [2.75, 3.05) is 0 Å². The molecule has 0 amide bonds. The van der Waals surface area contributed by atoms with Crippen molar-refractivity contribution in [3.8, 4) is 10.8 Å². The highest BCUT2D eigenvalue weighted by molar-refractivity contribution is 7.15. The number of rotatable bonds is 4. The van der Waals surface area contributed by atoms with E-state index >= 15 is 0 Å². The van der Waals surface area contributed by atoms with Gasteiger partial charge >= 0.3 is 5.97 Å². The standard InChI is InChI=1S/C10H11N3O3S/c1-5-9(17-6(2)11-5)10-13-12-7(16-10)3-4-8(14)15/h3-4H2,1-2H3,(H,14,15). The lowest BCUT2D eigenvalue weighted by Crippen LogP contribution is -1.97. The van der Waals surface area contributed by atoms with Crippen LogP contribution in [0, 0.1) is 13.8 Å². The fraction of sp³-hybridized carbons (Fsp3) is 0.400. The second kappa shape index (κ2) is 4.62. The van der Waals surface area contributed by atoms with Crippen LogP contribution >= 0.6 is 11.3 Å². The second-order valence-electron chi connectivity index (χ2n) is 3.54. The summed E-state index contributed by atoms with van der Waals surface area (Å²) in [6.45, 7) is 3.78. The molecule has 0 fully saturated rings. The molecule has 0 aliphatic heterocycles. The highest BCUT2D eigenvalue weighted by Gasteiger charge is 2.15. The fourth-order valence-electron chi connectivity index (χ4n) is 1.39. The predicted molar refractivity (Wildman–Crippen MR) is 60.8 cm³/mol. The summed E-state index contributed by atoms with van der Waals surface area (Å²) in [6.07, 6.45) is 0.238. The van der Waals surface area contributed by atoms with Crippen molar-refractivity contribution in [1.82, 2.24) is 15.2 Å². The van der Waals surface area contributed by atoms with Gasteiger partial charge in [-0.2, -0.15) is 0 Å². The molecule has 0 spiro atoms. The number of thiazole rings is 1. The van der Waals surface area contributed by atoms with E-state index < -0.39 is 5.97 Å². The van der Waals surface area contributed by atoms with E-state index in [1.54, 1.807) is 0 Å². The van der Waals surface area contributed by atoms with Gasteiger partial charge in [-0.15, -0.1) is 21.5 Å². The minimum absolute atomic E-state index is 0.0116. The molecule has 0 saturated carbocycles. The molecule has 0 unspecified atom stereocenters. The maximum Gasteiger partial charge on any atom is 0.303 e. The third kappa shape index (κ3) is 2.68. The lowest BCUT2D eigenvalue weighted by Gasteiger charge is -1.90. The SMILES string of the molecule is Cc1nc(C)c(-c2nnc(CCC(=O)O)o2)s1. The van der Waals surface area contributed by atoms with Gasteiger partial charge in [0, 0.05) is 6.42 Å². The first-order valence-corrected chi connectivity index (χ1v) is 5.86. The molecule has 0 bridgehead atoms. The largest absolute Gasteiger partial charge is 0.481 e. The summed E-state index contributed by atoms with van der Waals surface area (Å²) >= 11 is 1.48. The van der Waals surface area contributed by atoms with Gasteiger partial charge in [-0.3, -0.25) is 4.79 Å². The van der Waals surface area contributed by atoms with Gasteiger partial charge in [-0.05, 0) is 13.8 Å². The molecule has 0 atom stereocenters. The number of carboxylic acid groups (broad SMARTS) is 1.